The Kier molecular flexibility index (Phi) is 4.27. The molecule has 4 N–H and O–H groups in total. The zero-order chi connectivity index (χ0) is 14.6. The third-order valence-electron chi connectivity index (χ3n) is 3.97. The predicted molar refractivity (Wildman–Crippen MR) is 77.9 cm³/mol. The van der Waals surface area contributed by atoms with Gasteiger partial charge in [0, 0.05) is 5.56 Å². The van der Waals surface area contributed by atoms with Crippen LogP contribution in [0.1, 0.15) is 48.0 Å². The van der Waals surface area contributed by atoms with Crippen molar-refractivity contribution >= 4 is 11.7 Å². The predicted octanol–water partition coefficient (Wildman–Crippen LogP) is 2.17. The Morgan fingerprint density at radius 2 is 1.85 bits per heavy atom. The number of nitrogens with zero attached hydrogens (tertiary/aromatic N) is 1. The van der Waals surface area contributed by atoms with Crippen molar-refractivity contribution in [2.75, 3.05) is 0 Å². The van der Waals surface area contributed by atoms with Crippen molar-refractivity contribution in [1.82, 2.24) is 5.32 Å². The number of amidine groups is 1. The molecule has 0 unspecified atom stereocenters. The molecule has 20 heavy (non-hydrogen) atoms. The Morgan fingerprint density at radius 1 is 1.25 bits per heavy atom. The number of carbonyl (C=O) groups is 1. The lowest BCUT2D eigenvalue weighted by atomic mass is 9.80. The van der Waals surface area contributed by atoms with Crippen molar-refractivity contribution in [2.45, 2.75) is 44.6 Å². The number of hydrogen-bond acceptors (Lipinski definition) is 3. The topological polar surface area (TPSA) is 87.7 Å². The second kappa shape index (κ2) is 5.94. The Labute approximate surface area is 118 Å². The molecule has 0 saturated heterocycles. The minimum absolute atomic E-state index is 0.0951. The fourth-order valence-electron chi connectivity index (χ4n) is 2.69. The summed E-state index contributed by atoms with van der Waals surface area (Å²) >= 11 is 0. The molecular weight excluding hydrogens is 254 g/mol. The lowest BCUT2D eigenvalue weighted by Crippen LogP contribution is -2.58. The second-order valence-electron chi connectivity index (χ2n) is 5.45. The summed E-state index contributed by atoms with van der Waals surface area (Å²) in [6.45, 7) is 1.97. The first kappa shape index (κ1) is 14.4. The molecule has 108 valence electrons. The molecule has 0 heterocycles. The van der Waals surface area contributed by atoms with Crippen LogP contribution in [0.15, 0.2) is 29.4 Å². The van der Waals surface area contributed by atoms with Crippen LogP contribution in [-0.4, -0.2) is 22.5 Å². The summed E-state index contributed by atoms with van der Waals surface area (Å²) in [6, 6.07) is 7.36. The first-order chi connectivity index (χ1) is 9.57. The first-order valence-electron chi connectivity index (χ1n) is 6.94. The lowest BCUT2D eigenvalue weighted by molar-refractivity contribution is 0.0905. The molecule has 5 heteroatoms. The van der Waals surface area contributed by atoms with Crippen molar-refractivity contribution < 1.29 is 10.0 Å². The van der Waals surface area contributed by atoms with Gasteiger partial charge >= 0.3 is 0 Å². The van der Waals surface area contributed by atoms with Gasteiger partial charge in [-0.05, 0) is 31.9 Å². The van der Waals surface area contributed by atoms with Crippen LogP contribution in [0.3, 0.4) is 0 Å². The number of hydrogen-bond donors (Lipinski definition) is 3. The Balaban J connectivity index is 2.19. The number of aryl methyl sites for hydroxylation is 1. The standard InChI is InChI=1S/C15H21N3O2/c1-11-5-7-12(8-6-11)13(19)17-15(14(16)18-20)9-3-2-4-10-15/h5-8,20H,2-4,9-10H2,1H3,(H2,16,18)(H,17,19). The average molecular weight is 275 g/mol. The van der Waals surface area contributed by atoms with E-state index in [0.29, 0.717) is 18.4 Å². The number of rotatable bonds is 3. The van der Waals surface area contributed by atoms with Crippen LogP contribution < -0.4 is 11.1 Å². The Morgan fingerprint density at radius 3 is 2.40 bits per heavy atom. The van der Waals surface area contributed by atoms with E-state index in [1.165, 1.54) is 0 Å². The maximum absolute atomic E-state index is 12.3. The largest absolute Gasteiger partial charge is 0.409 e. The number of benzene rings is 1. The molecule has 1 aliphatic rings. The van der Waals surface area contributed by atoms with Crippen LogP contribution >= 0.6 is 0 Å². The summed E-state index contributed by atoms with van der Waals surface area (Å²) in [5.74, 6) is -0.0869. The van der Waals surface area contributed by atoms with Crippen molar-refractivity contribution in [3.8, 4) is 0 Å². The quantitative estimate of drug-likeness (QED) is 0.342. The molecule has 0 radical (unpaired) electrons. The van der Waals surface area contributed by atoms with Crippen molar-refractivity contribution in [2.24, 2.45) is 10.9 Å². The fraction of sp³-hybridized carbons (Fsp3) is 0.467. The zero-order valence-electron chi connectivity index (χ0n) is 11.7. The maximum Gasteiger partial charge on any atom is 0.252 e. The summed E-state index contributed by atoms with van der Waals surface area (Å²) < 4.78 is 0. The molecular formula is C15H21N3O2. The summed E-state index contributed by atoms with van der Waals surface area (Å²) in [5.41, 5.74) is 6.80. The van der Waals surface area contributed by atoms with Crippen LogP contribution in [0.5, 0.6) is 0 Å². The van der Waals surface area contributed by atoms with Crippen LogP contribution in [0.2, 0.25) is 0 Å². The van der Waals surface area contributed by atoms with Gasteiger partial charge in [-0.2, -0.15) is 0 Å². The van der Waals surface area contributed by atoms with Gasteiger partial charge in [0.05, 0.1) is 0 Å². The van der Waals surface area contributed by atoms with Gasteiger partial charge in [0.1, 0.15) is 5.54 Å². The lowest BCUT2D eigenvalue weighted by Gasteiger charge is -2.36. The molecule has 0 atom stereocenters. The first-order valence-corrected chi connectivity index (χ1v) is 6.94. The third kappa shape index (κ3) is 2.92. The molecule has 1 aliphatic carbocycles. The second-order valence-corrected chi connectivity index (χ2v) is 5.45. The van der Waals surface area contributed by atoms with Crippen LogP contribution in [-0.2, 0) is 0 Å². The molecule has 0 bridgehead atoms. The van der Waals surface area contributed by atoms with E-state index >= 15 is 0 Å². The van der Waals surface area contributed by atoms with Gasteiger partial charge in [0.15, 0.2) is 5.84 Å². The number of nitrogens with one attached hydrogen (secondary N) is 1. The van der Waals surface area contributed by atoms with E-state index in [4.69, 9.17) is 10.9 Å². The molecule has 0 aromatic heterocycles. The van der Waals surface area contributed by atoms with Crippen LogP contribution in [0, 0.1) is 6.92 Å². The average Bonchev–Trinajstić information content (AvgIpc) is 2.48. The zero-order valence-corrected chi connectivity index (χ0v) is 11.7. The molecule has 1 amide bonds. The van der Waals surface area contributed by atoms with Gasteiger partial charge in [0.2, 0.25) is 0 Å². The maximum atomic E-state index is 12.3. The van der Waals surface area contributed by atoms with E-state index in [-0.39, 0.29) is 11.7 Å². The SMILES string of the molecule is Cc1ccc(C(=O)NC2(/C(N)=N/O)CCCCC2)cc1. The van der Waals surface area contributed by atoms with Gasteiger partial charge in [-0.25, -0.2) is 0 Å². The molecule has 0 spiro atoms. The number of oxime groups is 1. The third-order valence-corrected chi connectivity index (χ3v) is 3.97. The molecule has 2 rings (SSSR count). The van der Waals surface area contributed by atoms with Gasteiger partial charge in [-0.1, -0.05) is 42.1 Å². The van der Waals surface area contributed by atoms with E-state index in [2.05, 4.69) is 10.5 Å². The number of amides is 1. The minimum atomic E-state index is -0.713. The van der Waals surface area contributed by atoms with E-state index in [0.717, 1.165) is 24.8 Å². The van der Waals surface area contributed by atoms with Gasteiger partial charge in [-0.3, -0.25) is 4.79 Å². The molecule has 0 aliphatic heterocycles. The summed E-state index contributed by atoms with van der Waals surface area (Å²) in [5, 5.41) is 15.1. The Bertz CT molecular complexity index is 502. The van der Waals surface area contributed by atoms with Crippen LogP contribution in [0.25, 0.3) is 0 Å². The molecule has 1 saturated carbocycles. The van der Waals surface area contributed by atoms with E-state index in [1.54, 1.807) is 12.1 Å². The molecule has 1 aromatic carbocycles. The molecule has 5 nitrogen and oxygen atoms in total. The van der Waals surface area contributed by atoms with Gasteiger partial charge in [0.25, 0.3) is 5.91 Å². The minimum Gasteiger partial charge on any atom is -0.409 e. The van der Waals surface area contributed by atoms with E-state index in [1.807, 2.05) is 19.1 Å². The highest BCUT2D eigenvalue weighted by atomic mass is 16.4. The summed E-state index contributed by atoms with van der Waals surface area (Å²) in [4.78, 5) is 12.3. The van der Waals surface area contributed by atoms with Gasteiger partial charge in [-0.15, -0.1) is 0 Å². The van der Waals surface area contributed by atoms with Crippen molar-refractivity contribution in [3.05, 3.63) is 35.4 Å². The summed E-state index contributed by atoms with van der Waals surface area (Å²) in [7, 11) is 0. The monoisotopic (exact) mass is 275 g/mol. The highest BCUT2D eigenvalue weighted by Crippen LogP contribution is 2.28. The van der Waals surface area contributed by atoms with E-state index < -0.39 is 5.54 Å². The van der Waals surface area contributed by atoms with Crippen LogP contribution in [0.4, 0.5) is 0 Å². The van der Waals surface area contributed by atoms with E-state index in [9.17, 15) is 4.79 Å². The van der Waals surface area contributed by atoms with Gasteiger partial charge < -0.3 is 16.3 Å². The number of nitrogens with two attached hydrogens (primary N) is 1. The highest BCUT2D eigenvalue weighted by Gasteiger charge is 2.38. The van der Waals surface area contributed by atoms with Crippen molar-refractivity contribution in [3.63, 3.8) is 0 Å². The molecule has 1 aromatic rings. The molecule has 1 fully saturated rings. The Hall–Kier alpha value is -2.04. The highest BCUT2D eigenvalue weighted by molar-refractivity contribution is 6.00. The normalized spacial score (nSPS) is 18.6. The smallest absolute Gasteiger partial charge is 0.252 e. The summed E-state index contributed by atoms with van der Waals surface area (Å²) in [6.07, 6.45) is 4.46. The van der Waals surface area contributed by atoms with Crippen molar-refractivity contribution in [1.29, 1.82) is 0 Å². The fourth-order valence-corrected chi connectivity index (χ4v) is 2.69. The number of carbonyl (C=O) groups excluding carboxylic acids is 1.